The van der Waals surface area contributed by atoms with Gasteiger partial charge < -0.3 is 20.9 Å². The molecule has 1 rings (SSSR count). The number of ether oxygens (including phenoxy) is 1. The first-order valence-corrected chi connectivity index (χ1v) is 5.14. The monoisotopic (exact) mass is 230 g/mol. The average Bonchev–Trinajstić information content (AvgIpc) is 1.96. The van der Waals surface area contributed by atoms with Crippen molar-refractivity contribution >= 4 is 12.0 Å². The molecule has 1 saturated carbocycles. The summed E-state index contributed by atoms with van der Waals surface area (Å²) in [6, 6.07) is 0. The highest BCUT2D eigenvalue weighted by molar-refractivity contribution is 5.90. The molecule has 16 heavy (non-hydrogen) atoms. The summed E-state index contributed by atoms with van der Waals surface area (Å²) in [5, 5.41) is 11.6. The lowest BCUT2D eigenvalue weighted by Gasteiger charge is -2.43. The van der Waals surface area contributed by atoms with Crippen LogP contribution in [0.4, 0.5) is 4.79 Å². The Labute approximate surface area is 94.1 Å². The number of aliphatic hydroxyl groups is 1. The molecule has 6 heteroatoms. The molecule has 0 aromatic carbocycles. The van der Waals surface area contributed by atoms with Crippen molar-refractivity contribution in [3.05, 3.63) is 0 Å². The van der Waals surface area contributed by atoms with Gasteiger partial charge in [0.2, 0.25) is 5.91 Å². The molecule has 1 aliphatic carbocycles. The Bertz CT molecular complexity index is 302. The van der Waals surface area contributed by atoms with Crippen LogP contribution in [0.1, 0.15) is 33.6 Å². The summed E-state index contributed by atoms with van der Waals surface area (Å²) >= 11 is 0. The maximum atomic E-state index is 11.5. The number of primary amides is 1. The van der Waals surface area contributed by atoms with E-state index in [0.29, 0.717) is 0 Å². The molecule has 0 atom stereocenters. The Kier molecular flexibility index (Phi) is 3.14. The van der Waals surface area contributed by atoms with Crippen LogP contribution in [-0.2, 0) is 9.53 Å². The minimum Gasteiger partial charge on any atom is -0.444 e. The van der Waals surface area contributed by atoms with Gasteiger partial charge in [0, 0.05) is 12.8 Å². The smallest absolute Gasteiger partial charge is 0.408 e. The van der Waals surface area contributed by atoms with Gasteiger partial charge in [-0.2, -0.15) is 0 Å². The SMILES string of the molecule is CC(C)(C)OC(=O)NC1(C(N)=O)CC(O)C1. The predicted octanol–water partition coefficient (Wildman–Crippen LogP) is -0.110. The third-order valence-corrected chi connectivity index (χ3v) is 2.38. The summed E-state index contributed by atoms with van der Waals surface area (Å²) in [6.45, 7) is 5.16. The molecule has 0 spiro atoms. The van der Waals surface area contributed by atoms with Gasteiger partial charge in [-0.3, -0.25) is 4.79 Å². The van der Waals surface area contributed by atoms with Crippen LogP contribution in [0.5, 0.6) is 0 Å². The van der Waals surface area contributed by atoms with Crippen LogP contribution in [0, 0.1) is 0 Å². The summed E-state index contributed by atoms with van der Waals surface area (Å²) in [6.07, 6.45) is -1.01. The second kappa shape index (κ2) is 3.93. The van der Waals surface area contributed by atoms with Gasteiger partial charge in [-0.25, -0.2) is 4.79 Å². The van der Waals surface area contributed by atoms with Crippen LogP contribution < -0.4 is 11.1 Å². The van der Waals surface area contributed by atoms with Gasteiger partial charge in [-0.15, -0.1) is 0 Å². The van der Waals surface area contributed by atoms with Crippen LogP contribution in [-0.4, -0.2) is 34.4 Å². The lowest BCUT2D eigenvalue weighted by Crippen LogP contribution is -2.66. The largest absolute Gasteiger partial charge is 0.444 e. The highest BCUT2D eigenvalue weighted by atomic mass is 16.6. The van der Waals surface area contributed by atoms with E-state index in [9.17, 15) is 14.7 Å². The molecule has 0 aromatic heterocycles. The van der Waals surface area contributed by atoms with Gasteiger partial charge in [0.15, 0.2) is 0 Å². The van der Waals surface area contributed by atoms with E-state index in [0.717, 1.165) is 0 Å². The molecule has 92 valence electrons. The lowest BCUT2D eigenvalue weighted by atomic mass is 9.74. The molecule has 1 fully saturated rings. The zero-order valence-electron chi connectivity index (χ0n) is 9.74. The second-order valence-electron chi connectivity index (χ2n) is 5.14. The van der Waals surface area contributed by atoms with Crippen LogP contribution in [0.25, 0.3) is 0 Å². The molecule has 6 nitrogen and oxygen atoms in total. The van der Waals surface area contributed by atoms with E-state index >= 15 is 0 Å². The van der Waals surface area contributed by atoms with Crippen LogP contribution >= 0.6 is 0 Å². The quantitative estimate of drug-likeness (QED) is 0.616. The summed E-state index contributed by atoms with van der Waals surface area (Å²) in [5.74, 6) is -0.649. The fourth-order valence-electron chi connectivity index (χ4n) is 1.61. The fourth-order valence-corrected chi connectivity index (χ4v) is 1.61. The maximum Gasteiger partial charge on any atom is 0.408 e. The summed E-state index contributed by atoms with van der Waals surface area (Å²) in [4.78, 5) is 22.6. The van der Waals surface area contributed by atoms with Crippen LogP contribution in [0.3, 0.4) is 0 Å². The molecule has 0 saturated heterocycles. The molecule has 0 aliphatic heterocycles. The van der Waals surface area contributed by atoms with Crippen molar-refractivity contribution in [3.8, 4) is 0 Å². The maximum absolute atomic E-state index is 11.5. The van der Waals surface area contributed by atoms with Crippen molar-refractivity contribution in [3.63, 3.8) is 0 Å². The standard InChI is InChI=1S/C10H18N2O4/c1-9(2,3)16-8(15)12-10(7(11)14)4-6(13)5-10/h6,13H,4-5H2,1-3H3,(H2,11,14)(H,12,15). The molecule has 0 heterocycles. The molecule has 0 unspecified atom stereocenters. The Morgan fingerprint density at radius 1 is 1.44 bits per heavy atom. The first-order valence-electron chi connectivity index (χ1n) is 5.14. The van der Waals surface area contributed by atoms with E-state index in [-0.39, 0.29) is 12.8 Å². The van der Waals surface area contributed by atoms with E-state index in [1.165, 1.54) is 0 Å². The molecule has 0 aromatic rings. The topological polar surface area (TPSA) is 102 Å². The number of aliphatic hydroxyl groups excluding tert-OH is 1. The Hall–Kier alpha value is -1.30. The number of rotatable bonds is 2. The van der Waals surface area contributed by atoms with Crippen LogP contribution in [0.2, 0.25) is 0 Å². The number of nitrogens with one attached hydrogen (secondary N) is 1. The van der Waals surface area contributed by atoms with Crippen molar-refractivity contribution in [2.75, 3.05) is 0 Å². The summed E-state index contributed by atoms with van der Waals surface area (Å²) in [7, 11) is 0. The number of alkyl carbamates (subject to hydrolysis) is 1. The third kappa shape index (κ3) is 2.85. The van der Waals surface area contributed by atoms with Gasteiger partial charge in [0.1, 0.15) is 11.1 Å². The van der Waals surface area contributed by atoms with Gasteiger partial charge in [0.25, 0.3) is 0 Å². The number of hydrogen-bond donors (Lipinski definition) is 3. The van der Waals surface area contributed by atoms with Gasteiger partial charge in [-0.1, -0.05) is 0 Å². The number of hydrogen-bond acceptors (Lipinski definition) is 4. The molecule has 1 aliphatic rings. The highest BCUT2D eigenvalue weighted by Crippen LogP contribution is 2.32. The number of carbonyl (C=O) groups is 2. The molecular formula is C10H18N2O4. The zero-order chi connectivity index (χ0) is 12.6. The van der Waals surface area contributed by atoms with Crippen molar-refractivity contribution in [1.82, 2.24) is 5.32 Å². The Balaban J connectivity index is 2.58. The van der Waals surface area contributed by atoms with Crippen molar-refractivity contribution in [2.24, 2.45) is 5.73 Å². The summed E-state index contributed by atoms with van der Waals surface area (Å²) < 4.78 is 5.02. The van der Waals surface area contributed by atoms with Gasteiger partial charge in [0.05, 0.1) is 6.10 Å². The molecule has 2 amide bonds. The van der Waals surface area contributed by atoms with E-state index in [2.05, 4.69) is 5.32 Å². The number of carbonyl (C=O) groups excluding carboxylic acids is 2. The fraction of sp³-hybridized carbons (Fsp3) is 0.800. The van der Waals surface area contributed by atoms with E-state index in [4.69, 9.17) is 10.5 Å². The first kappa shape index (κ1) is 12.8. The minimum absolute atomic E-state index is 0.140. The third-order valence-electron chi connectivity index (χ3n) is 2.38. The zero-order valence-corrected chi connectivity index (χ0v) is 9.74. The van der Waals surface area contributed by atoms with Crippen molar-refractivity contribution in [2.45, 2.75) is 50.9 Å². The molecule has 0 bridgehead atoms. The molecular weight excluding hydrogens is 212 g/mol. The van der Waals surface area contributed by atoms with Crippen molar-refractivity contribution in [1.29, 1.82) is 0 Å². The predicted molar refractivity (Wildman–Crippen MR) is 56.5 cm³/mol. The Morgan fingerprint density at radius 2 is 1.94 bits per heavy atom. The minimum atomic E-state index is -1.15. The van der Waals surface area contributed by atoms with E-state index < -0.39 is 29.2 Å². The van der Waals surface area contributed by atoms with Gasteiger partial charge in [-0.05, 0) is 20.8 Å². The Morgan fingerprint density at radius 3 is 2.25 bits per heavy atom. The van der Waals surface area contributed by atoms with Crippen LogP contribution in [0.15, 0.2) is 0 Å². The first-order chi connectivity index (χ1) is 7.15. The highest BCUT2D eigenvalue weighted by Gasteiger charge is 2.50. The van der Waals surface area contributed by atoms with E-state index in [1.807, 2.05) is 0 Å². The lowest BCUT2D eigenvalue weighted by molar-refractivity contribution is -0.133. The summed E-state index contributed by atoms with van der Waals surface area (Å²) in [5.41, 5.74) is 3.40. The van der Waals surface area contributed by atoms with E-state index in [1.54, 1.807) is 20.8 Å². The molecule has 0 radical (unpaired) electrons. The average molecular weight is 230 g/mol. The van der Waals surface area contributed by atoms with Crippen molar-refractivity contribution < 1.29 is 19.4 Å². The number of nitrogens with two attached hydrogens (primary N) is 1. The normalized spacial score (nSPS) is 29.1. The second-order valence-corrected chi connectivity index (χ2v) is 5.14. The number of amides is 2. The molecule has 4 N–H and O–H groups in total. The van der Waals surface area contributed by atoms with Gasteiger partial charge >= 0.3 is 6.09 Å².